The van der Waals surface area contributed by atoms with Crippen molar-refractivity contribution in [2.24, 2.45) is 10.8 Å². The molecule has 1 unspecified atom stereocenters. The van der Waals surface area contributed by atoms with Gasteiger partial charge in [-0.15, -0.1) is 0 Å². The second-order valence-corrected chi connectivity index (χ2v) is 17.5. The van der Waals surface area contributed by atoms with E-state index in [-0.39, 0.29) is 12.8 Å². The van der Waals surface area contributed by atoms with Gasteiger partial charge in [0.25, 0.3) is 0 Å². The number of ether oxygens (including phenoxy) is 2. The molecule has 0 aromatic carbocycles. The minimum atomic E-state index is -4.57. The van der Waals surface area contributed by atoms with Gasteiger partial charge in [0.05, 0.1) is 17.9 Å². The molecule has 0 spiro atoms. The first-order valence-electron chi connectivity index (χ1n) is 6.54. The predicted molar refractivity (Wildman–Crippen MR) is 93.9 cm³/mol. The van der Waals surface area contributed by atoms with Crippen LogP contribution in [-0.4, -0.2) is 31.8 Å². The van der Waals surface area contributed by atoms with Gasteiger partial charge in [0.15, 0.2) is 6.61 Å². The zero-order valence-corrected chi connectivity index (χ0v) is 19.3. The van der Waals surface area contributed by atoms with Gasteiger partial charge in [0.2, 0.25) is 0 Å². The Morgan fingerprint density at radius 3 is 1.83 bits per heavy atom. The zero-order chi connectivity index (χ0) is 18.9. The normalized spacial score (nSPS) is 14.0. The molecular formula is C13H21F3I2O4V. The van der Waals surface area contributed by atoms with Gasteiger partial charge >= 0.3 is 67.5 Å². The Labute approximate surface area is 163 Å². The molecule has 0 fully saturated rings. The molecule has 0 rings (SSSR count). The van der Waals surface area contributed by atoms with Crippen LogP contribution in [0.1, 0.15) is 40.5 Å². The number of carbonyl (C=O) groups excluding carboxylic acids is 2. The number of methoxy groups -OCH3 is 1. The fraction of sp³-hybridized carbons (Fsp3) is 0.846. The van der Waals surface area contributed by atoms with E-state index < -0.39 is 35.6 Å². The van der Waals surface area contributed by atoms with E-state index in [1.165, 1.54) is 14.0 Å². The van der Waals surface area contributed by atoms with Gasteiger partial charge in [-0.3, -0.25) is 9.59 Å². The molecule has 0 N–H and O–H groups in total. The first-order valence-corrected chi connectivity index (χ1v) is 15.6. The molecule has 0 aromatic rings. The summed E-state index contributed by atoms with van der Waals surface area (Å²) in [5, 5.41) is 0. The maximum absolute atomic E-state index is 12.1. The monoisotopic (exact) mass is 603 g/mol. The average molecular weight is 603 g/mol. The van der Waals surface area contributed by atoms with E-state index in [1.807, 2.05) is 0 Å². The molecule has 0 aliphatic carbocycles. The molecule has 0 amide bonds. The Morgan fingerprint density at radius 2 is 1.52 bits per heavy atom. The van der Waals surface area contributed by atoms with Gasteiger partial charge < -0.3 is 9.47 Å². The van der Waals surface area contributed by atoms with E-state index >= 15 is 0 Å². The number of halogens is 5. The van der Waals surface area contributed by atoms with E-state index in [0.29, 0.717) is 9.47 Å². The van der Waals surface area contributed by atoms with Gasteiger partial charge in [0, 0.05) is 0 Å². The standard InChI is InChI=1S/C13H21F3O4.2HI.V/c1-6-12(4,7-11(2,3)9(17)19-5)10(18)20-8-13(14,15)16;;;/h6-8H2,1-5H3;2*1H;/q;;;+2/p-2. The van der Waals surface area contributed by atoms with Crippen molar-refractivity contribution in [3.05, 3.63) is 0 Å². The van der Waals surface area contributed by atoms with Gasteiger partial charge in [0.1, 0.15) is 0 Å². The van der Waals surface area contributed by atoms with Crippen molar-refractivity contribution < 1.29 is 41.7 Å². The molecule has 4 nitrogen and oxygen atoms in total. The second kappa shape index (κ2) is 11.4. The van der Waals surface area contributed by atoms with Crippen molar-refractivity contribution in [1.29, 1.82) is 0 Å². The van der Waals surface area contributed by atoms with Crippen LogP contribution in [0.2, 0.25) is 0 Å². The summed E-state index contributed by atoms with van der Waals surface area (Å²) in [7, 11) is 1.85. The molecule has 1 atom stereocenters. The Hall–Kier alpha value is 0.774. The van der Waals surface area contributed by atoms with Crippen LogP contribution in [0.15, 0.2) is 0 Å². The van der Waals surface area contributed by atoms with E-state index in [1.54, 1.807) is 20.8 Å². The van der Waals surface area contributed by atoms with E-state index in [0.717, 1.165) is 0 Å². The summed E-state index contributed by atoms with van der Waals surface area (Å²) in [4.78, 5) is 23.5. The Balaban J connectivity index is 0. The summed E-state index contributed by atoms with van der Waals surface area (Å²) >= 11 is 4.74. The summed E-state index contributed by atoms with van der Waals surface area (Å²) < 4.78 is 45.2. The molecule has 0 aliphatic heterocycles. The third kappa shape index (κ3) is 11.1. The van der Waals surface area contributed by atoms with Crippen LogP contribution in [0.25, 0.3) is 0 Å². The van der Waals surface area contributed by atoms with Crippen molar-refractivity contribution in [2.75, 3.05) is 13.7 Å². The SMILES string of the molecule is CCC(C)(CC(C)(C)C(=O)OC)C(=O)OCC(F)(F)F.[I][V][I]. The zero-order valence-electron chi connectivity index (χ0n) is 13.6. The molecule has 0 radical (unpaired) electrons. The third-order valence-electron chi connectivity index (χ3n) is 3.21. The first kappa shape index (κ1) is 26.0. The minimum absolute atomic E-state index is 0.0415. The maximum atomic E-state index is 12.1. The second-order valence-electron chi connectivity index (χ2n) is 5.72. The summed E-state index contributed by atoms with van der Waals surface area (Å²) in [5.41, 5.74) is -2.17. The van der Waals surface area contributed by atoms with E-state index in [2.05, 4.69) is 49.4 Å². The number of carbonyl (C=O) groups is 2. The number of alkyl halides is 3. The van der Waals surface area contributed by atoms with E-state index in [4.69, 9.17) is 0 Å². The van der Waals surface area contributed by atoms with E-state index in [9.17, 15) is 22.8 Å². The molecule has 10 heteroatoms. The van der Waals surface area contributed by atoms with Gasteiger partial charge in [-0.2, -0.15) is 13.2 Å². The first-order chi connectivity index (χ1) is 10.3. The number of hydrogen-bond donors (Lipinski definition) is 0. The van der Waals surface area contributed by atoms with Crippen LogP contribution in [0.5, 0.6) is 0 Å². The fourth-order valence-electron chi connectivity index (χ4n) is 1.99. The summed E-state index contributed by atoms with van der Waals surface area (Å²) in [5.74, 6) is -1.49. The Kier molecular flexibility index (Phi) is 12.9. The molecule has 0 bridgehead atoms. The Morgan fingerprint density at radius 1 is 1.09 bits per heavy atom. The fourth-order valence-corrected chi connectivity index (χ4v) is 1.99. The van der Waals surface area contributed by atoms with Crippen molar-refractivity contribution in [1.82, 2.24) is 0 Å². The number of rotatable bonds is 6. The topological polar surface area (TPSA) is 52.6 Å². The predicted octanol–water partition coefficient (Wildman–Crippen LogP) is 4.87. The molecule has 0 saturated heterocycles. The van der Waals surface area contributed by atoms with Crippen LogP contribution in [0.4, 0.5) is 13.2 Å². The van der Waals surface area contributed by atoms with Crippen LogP contribution in [-0.2, 0) is 28.5 Å². The molecule has 0 heterocycles. The van der Waals surface area contributed by atoms with Gasteiger partial charge in [-0.25, -0.2) is 0 Å². The quantitative estimate of drug-likeness (QED) is 0.322. The summed E-state index contributed by atoms with van der Waals surface area (Å²) in [6.45, 7) is 4.66. The molecule has 0 saturated carbocycles. The molecular weight excluding hydrogens is 582 g/mol. The van der Waals surface area contributed by atoms with Gasteiger partial charge in [-0.05, 0) is 33.6 Å². The molecule has 0 aliphatic rings. The number of hydrogen-bond acceptors (Lipinski definition) is 4. The van der Waals surface area contributed by atoms with Gasteiger partial charge in [-0.1, -0.05) is 6.92 Å². The van der Waals surface area contributed by atoms with Crippen molar-refractivity contribution in [3.8, 4) is 0 Å². The Bertz CT molecular complexity index is 392. The van der Waals surface area contributed by atoms with Crippen molar-refractivity contribution >= 4 is 51.9 Å². The third-order valence-corrected chi connectivity index (χ3v) is 3.21. The van der Waals surface area contributed by atoms with Crippen LogP contribution < -0.4 is 0 Å². The van der Waals surface area contributed by atoms with Crippen LogP contribution in [0, 0.1) is 10.8 Å². The molecule has 23 heavy (non-hydrogen) atoms. The molecule has 0 aromatic heterocycles. The van der Waals surface area contributed by atoms with Crippen molar-refractivity contribution in [2.45, 2.75) is 46.7 Å². The molecule has 137 valence electrons. The van der Waals surface area contributed by atoms with Crippen molar-refractivity contribution in [3.63, 3.8) is 0 Å². The average Bonchev–Trinajstić information content (AvgIpc) is 2.43. The summed E-state index contributed by atoms with van der Waals surface area (Å²) in [6.07, 6.45) is -4.27. The van der Waals surface area contributed by atoms with Crippen LogP contribution in [0.3, 0.4) is 0 Å². The number of esters is 2. The summed E-state index contributed by atoms with van der Waals surface area (Å²) in [6, 6.07) is 0. The van der Waals surface area contributed by atoms with Crippen LogP contribution >= 0.6 is 40.0 Å².